The summed E-state index contributed by atoms with van der Waals surface area (Å²) in [7, 11) is 0. The molecule has 4 rings (SSSR count). The largest absolute Gasteiger partial charge is 0.484 e. The molecule has 8 heteroatoms. The number of piperidine rings is 1. The Labute approximate surface area is 145 Å². The van der Waals surface area contributed by atoms with Crippen molar-refractivity contribution in [3.8, 4) is 17.2 Å². The van der Waals surface area contributed by atoms with E-state index in [1.54, 1.807) is 23.1 Å². The highest BCUT2D eigenvalue weighted by Crippen LogP contribution is 2.35. The first-order valence-corrected chi connectivity index (χ1v) is 8.50. The van der Waals surface area contributed by atoms with E-state index in [2.05, 4.69) is 10.6 Å². The molecule has 1 spiro atoms. The number of rotatable bonds is 3. The Kier molecular flexibility index (Phi) is 4.12. The zero-order chi connectivity index (χ0) is 17.3. The van der Waals surface area contributed by atoms with Crippen LogP contribution in [-0.4, -0.2) is 61.8 Å². The van der Waals surface area contributed by atoms with Crippen molar-refractivity contribution in [3.05, 3.63) is 18.2 Å². The molecule has 3 aliphatic rings. The average Bonchev–Trinajstić information content (AvgIpc) is 3.11. The molecule has 0 saturated carbocycles. The molecule has 2 amide bonds. The third kappa shape index (κ3) is 3.09. The zero-order valence-electron chi connectivity index (χ0n) is 13.9. The predicted octanol–water partition coefficient (Wildman–Crippen LogP) is -0.125. The number of fused-ring (bicyclic) bond motifs is 1. The lowest BCUT2D eigenvalue weighted by Crippen LogP contribution is -2.67. The normalized spacial score (nSPS) is 21.1. The van der Waals surface area contributed by atoms with E-state index < -0.39 is 5.54 Å². The number of amides is 2. The van der Waals surface area contributed by atoms with Gasteiger partial charge in [-0.05, 0) is 25.0 Å². The highest BCUT2D eigenvalue weighted by molar-refractivity contribution is 5.87. The summed E-state index contributed by atoms with van der Waals surface area (Å²) in [5.41, 5.74) is -0.521. The number of nitrogens with one attached hydrogen (secondary N) is 2. The van der Waals surface area contributed by atoms with Crippen LogP contribution in [0.1, 0.15) is 12.8 Å². The van der Waals surface area contributed by atoms with Gasteiger partial charge in [0.2, 0.25) is 12.7 Å². The molecule has 2 fully saturated rings. The molecule has 0 radical (unpaired) electrons. The summed E-state index contributed by atoms with van der Waals surface area (Å²) in [5.74, 6) is 1.84. The Bertz CT molecular complexity index is 685. The summed E-state index contributed by atoms with van der Waals surface area (Å²) in [5, 5.41) is 6.22. The van der Waals surface area contributed by atoms with Crippen molar-refractivity contribution in [2.24, 2.45) is 0 Å². The Balaban J connectivity index is 1.30. The minimum absolute atomic E-state index is 0.0354. The molecule has 8 nitrogen and oxygen atoms in total. The van der Waals surface area contributed by atoms with Crippen LogP contribution in [0.3, 0.4) is 0 Å². The third-order valence-corrected chi connectivity index (χ3v) is 4.98. The highest BCUT2D eigenvalue weighted by Gasteiger charge is 2.43. The molecule has 1 aromatic carbocycles. The van der Waals surface area contributed by atoms with Crippen LogP contribution in [-0.2, 0) is 9.59 Å². The van der Waals surface area contributed by atoms with Crippen LogP contribution in [0, 0.1) is 0 Å². The molecule has 0 aromatic heterocycles. The van der Waals surface area contributed by atoms with Crippen molar-refractivity contribution in [3.63, 3.8) is 0 Å². The first-order chi connectivity index (χ1) is 12.2. The van der Waals surface area contributed by atoms with Crippen LogP contribution >= 0.6 is 0 Å². The second kappa shape index (κ2) is 6.44. The molecule has 1 aromatic rings. The van der Waals surface area contributed by atoms with Crippen LogP contribution in [0.2, 0.25) is 0 Å². The zero-order valence-corrected chi connectivity index (χ0v) is 13.9. The van der Waals surface area contributed by atoms with E-state index in [1.165, 1.54) is 0 Å². The first-order valence-electron chi connectivity index (χ1n) is 8.50. The number of carbonyl (C=O) groups excluding carboxylic acids is 2. The van der Waals surface area contributed by atoms with E-state index in [4.69, 9.17) is 14.2 Å². The molecule has 0 aliphatic carbocycles. The van der Waals surface area contributed by atoms with Gasteiger partial charge in [0.15, 0.2) is 18.1 Å². The van der Waals surface area contributed by atoms with E-state index in [1.807, 2.05) is 0 Å². The number of nitrogens with zero attached hydrogens (tertiary/aromatic N) is 1. The van der Waals surface area contributed by atoms with Gasteiger partial charge in [0.05, 0.1) is 0 Å². The fourth-order valence-corrected chi connectivity index (χ4v) is 3.47. The van der Waals surface area contributed by atoms with Gasteiger partial charge in [-0.2, -0.15) is 0 Å². The highest BCUT2D eigenvalue weighted by atomic mass is 16.7. The number of ether oxygens (including phenoxy) is 3. The number of benzene rings is 1. The Hall–Kier alpha value is -2.48. The van der Waals surface area contributed by atoms with Crippen molar-refractivity contribution < 1.29 is 23.8 Å². The van der Waals surface area contributed by atoms with Crippen LogP contribution < -0.4 is 24.8 Å². The fourth-order valence-electron chi connectivity index (χ4n) is 3.47. The van der Waals surface area contributed by atoms with Gasteiger partial charge in [0.25, 0.3) is 5.91 Å². The van der Waals surface area contributed by atoms with Gasteiger partial charge in [-0.15, -0.1) is 0 Å². The molecule has 134 valence electrons. The molecule has 3 aliphatic heterocycles. The van der Waals surface area contributed by atoms with E-state index in [-0.39, 0.29) is 25.2 Å². The number of carbonyl (C=O) groups is 2. The van der Waals surface area contributed by atoms with Crippen LogP contribution in [0.25, 0.3) is 0 Å². The molecule has 2 saturated heterocycles. The summed E-state index contributed by atoms with van der Waals surface area (Å²) < 4.78 is 16.1. The number of likely N-dealkylation sites (tertiary alicyclic amines) is 1. The van der Waals surface area contributed by atoms with Crippen LogP contribution in [0.4, 0.5) is 0 Å². The van der Waals surface area contributed by atoms with E-state index in [0.29, 0.717) is 49.7 Å². The van der Waals surface area contributed by atoms with Gasteiger partial charge < -0.3 is 29.7 Å². The van der Waals surface area contributed by atoms with Gasteiger partial charge >= 0.3 is 0 Å². The quantitative estimate of drug-likeness (QED) is 0.792. The van der Waals surface area contributed by atoms with Gasteiger partial charge in [-0.1, -0.05) is 0 Å². The third-order valence-electron chi connectivity index (χ3n) is 4.98. The average molecular weight is 347 g/mol. The SMILES string of the molecule is O=C(COc1ccc2c(c1)OCO2)N1CCC2(CC1)NCCNC2=O. The van der Waals surface area contributed by atoms with Crippen LogP contribution in [0.15, 0.2) is 18.2 Å². The molecular weight excluding hydrogens is 326 g/mol. The summed E-state index contributed by atoms with van der Waals surface area (Å²) in [4.78, 5) is 26.3. The maximum Gasteiger partial charge on any atom is 0.260 e. The van der Waals surface area contributed by atoms with Crippen molar-refractivity contribution >= 4 is 11.8 Å². The molecule has 0 unspecified atom stereocenters. The smallest absolute Gasteiger partial charge is 0.260 e. The first kappa shape index (κ1) is 16.0. The minimum atomic E-state index is -0.521. The van der Waals surface area contributed by atoms with Gasteiger partial charge in [0.1, 0.15) is 11.3 Å². The predicted molar refractivity (Wildman–Crippen MR) is 87.6 cm³/mol. The number of hydrogen-bond acceptors (Lipinski definition) is 6. The van der Waals surface area contributed by atoms with Gasteiger partial charge in [-0.25, -0.2) is 0 Å². The second-order valence-electron chi connectivity index (χ2n) is 6.45. The van der Waals surface area contributed by atoms with Crippen LogP contribution in [0.5, 0.6) is 17.2 Å². The monoisotopic (exact) mass is 347 g/mol. The molecule has 2 N–H and O–H groups in total. The lowest BCUT2D eigenvalue weighted by atomic mass is 9.85. The lowest BCUT2D eigenvalue weighted by Gasteiger charge is -2.43. The molecule has 3 heterocycles. The number of piperazine rings is 1. The van der Waals surface area contributed by atoms with Crippen molar-refractivity contribution in [2.75, 3.05) is 39.6 Å². The van der Waals surface area contributed by atoms with Gasteiger partial charge in [-0.3, -0.25) is 9.59 Å². The second-order valence-corrected chi connectivity index (χ2v) is 6.45. The fraction of sp³-hybridized carbons (Fsp3) is 0.529. The van der Waals surface area contributed by atoms with Crippen molar-refractivity contribution in [2.45, 2.75) is 18.4 Å². The standard InChI is InChI=1S/C17H21N3O5/c21-15(10-23-12-1-2-13-14(9-12)25-11-24-13)20-7-3-17(4-8-20)16(22)18-5-6-19-17/h1-2,9,19H,3-8,10-11H2,(H,18,22). The molecule has 25 heavy (non-hydrogen) atoms. The Morgan fingerprint density at radius 3 is 2.80 bits per heavy atom. The summed E-state index contributed by atoms with van der Waals surface area (Å²) in [6, 6.07) is 5.24. The molecule has 0 bridgehead atoms. The van der Waals surface area contributed by atoms with Crippen molar-refractivity contribution in [1.82, 2.24) is 15.5 Å². The summed E-state index contributed by atoms with van der Waals surface area (Å²) in [6.45, 7) is 2.69. The Morgan fingerprint density at radius 2 is 2.00 bits per heavy atom. The van der Waals surface area contributed by atoms with E-state index in [9.17, 15) is 9.59 Å². The summed E-state index contributed by atoms with van der Waals surface area (Å²) >= 11 is 0. The van der Waals surface area contributed by atoms with E-state index in [0.717, 1.165) is 6.54 Å². The maximum absolute atomic E-state index is 12.4. The molecule has 0 atom stereocenters. The van der Waals surface area contributed by atoms with Gasteiger partial charge in [0, 0.05) is 32.2 Å². The summed E-state index contributed by atoms with van der Waals surface area (Å²) in [6.07, 6.45) is 1.24. The van der Waals surface area contributed by atoms with Crippen molar-refractivity contribution in [1.29, 1.82) is 0 Å². The Morgan fingerprint density at radius 1 is 1.20 bits per heavy atom. The molecular formula is C17H21N3O5. The van der Waals surface area contributed by atoms with E-state index >= 15 is 0 Å². The number of hydrogen-bond donors (Lipinski definition) is 2. The lowest BCUT2D eigenvalue weighted by molar-refractivity contribution is -0.139. The topological polar surface area (TPSA) is 89.1 Å². The minimum Gasteiger partial charge on any atom is -0.484 e. The maximum atomic E-state index is 12.4.